The first kappa shape index (κ1) is 13.2. The van der Waals surface area contributed by atoms with Crippen molar-refractivity contribution in [1.29, 1.82) is 0 Å². The number of nitrogens with one attached hydrogen (secondary N) is 1. The highest BCUT2D eigenvalue weighted by Crippen LogP contribution is 2.24. The van der Waals surface area contributed by atoms with Gasteiger partial charge in [-0.15, -0.1) is 11.3 Å². The maximum Gasteiger partial charge on any atom is 0.138 e. The third kappa shape index (κ3) is 3.17. The molecule has 0 aliphatic heterocycles. The van der Waals surface area contributed by atoms with Crippen molar-refractivity contribution in [2.24, 2.45) is 5.92 Å². The van der Waals surface area contributed by atoms with Crippen molar-refractivity contribution >= 4 is 27.4 Å². The molecule has 0 aliphatic carbocycles. The summed E-state index contributed by atoms with van der Waals surface area (Å²) in [7, 11) is 0. The lowest BCUT2D eigenvalue weighted by atomic mass is 10.0. The SMILES string of the molecule is CCCC(CCO)CNc1ncnc2sccc12. The van der Waals surface area contributed by atoms with E-state index < -0.39 is 0 Å². The molecule has 0 amide bonds. The van der Waals surface area contributed by atoms with Gasteiger partial charge in [0.05, 0.1) is 5.39 Å². The van der Waals surface area contributed by atoms with Gasteiger partial charge >= 0.3 is 0 Å². The van der Waals surface area contributed by atoms with E-state index in [0.29, 0.717) is 5.92 Å². The third-order valence-electron chi connectivity index (χ3n) is 3.05. The van der Waals surface area contributed by atoms with Crippen LogP contribution in [0.3, 0.4) is 0 Å². The fourth-order valence-corrected chi connectivity index (χ4v) is 2.84. The molecule has 0 aromatic carbocycles. The van der Waals surface area contributed by atoms with Gasteiger partial charge in [-0.2, -0.15) is 0 Å². The van der Waals surface area contributed by atoms with Gasteiger partial charge in [0.1, 0.15) is 17.0 Å². The van der Waals surface area contributed by atoms with Crippen LogP contribution in [0.2, 0.25) is 0 Å². The van der Waals surface area contributed by atoms with Crippen molar-refractivity contribution in [3.05, 3.63) is 17.8 Å². The Morgan fingerprint density at radius 1 is 1.39 bits per heavy atom. The maximum atomic E-state index is 9.05. The first-order valence-electron chi connectivity index (χ1n) is 6.38. The average molecular weight is 265 g/mol. The maximum absolute atomic E-state index is 9.05. The van der Waals surface area contributed by atoms with Gasteiger partial charge in [-0.25, -0.2) is 9.97 Å². The number of hydrogen-bond donors (Lipinski definition) is 2. The Hall–Kier alpha value is -1.20. The molecule has 0 fully saturated rings. The first-order chi connectivity index (χ1) is 8.85. The van der Waals surface area contributed by atoms with Crippen LogP contribution in [0.5, 0.6) is 0 Å². The Bertz CT molecular complexity index is 480. The van der Waals surface area contributed by atoms with Crippen molar-refractivity contribution in [3.8, 4) is 0 Å². The molecule has 0 bridgehead atoms. The number of aliphatic hydroxyl groups is 1. The van der Waals surface area contributed by atoms with Gasteiger partial charge < -0.3 is 10.4 Å². The van der Waals surface area contributed by atoms with E-state index in [1.807, 2.05) is 11.4 Å². The van der Waals surface area contributed by atoms with Crippen molar-refractivity contribution in [1.82, 2.24) is 9.97 Å². The lowest BCUT2D eigenvalue weighted by molar-refractivity contribution is 0.255. The second kappa shape index (κ2) is 6.66. The molecular formula is C13H19N3OS. The molecule has 0 saturated carbocycles. The summed E-state index contributed by atoms with van der Waals surface area (Å²) in [4.78, 5) is 9.54. The second-order valence-electron chi connectivity index (χ2n) is 4.41. The number of rotatable bonds is 7. The van der Waals surface area contributed by atoms with E-state index in [1.165, 1.54) is 0 Å². The Kier molecular flexibility index (Phi) is 4.90. The first-order valence-corrected chi connectivity index (χ1v) is 7.26. The summed E-state index contributed by atoms with van der Waals surface area (Å²) in [5.41, 5.74) is 0. The van der Waals surface area contributed by atoms with Gasteiger partial charge in [0.25, 0.3) is 0 Å². The van der Waals surface area contributed by atoms with Gasteiger partial charge in [0.15, 0.2) is 0 Å². The smallest absolute Gasteiger partial charge is 0.138 e. The molecule has 5 heteroatoms. The Morgan fingerprint density at radius 3 is 3.06 bits per heavy atom. The number of aromatic nitrogens is 2. The summed E-state index contributed by atoms with van der Waals surface area (Å²) < 4.78 is 0. The quantitative estimate of drug-likeness (QED) is 0.808. The van der Waals surface area contributed by atoms with Crippen LogP contribution in [0.15, 0.2) is 17.8 Å². The van der Waals surface area contributed by atoms with E-state index in [2.05, 4.69) is 22.2 Å². The van der Waals surface area contributed by atoms with Gasteiger partial charge in [-0.05, 0) is 30.2 Å². The number of anilines is 1. The molecular weight excluding hydrogens is 246 g/mol. The van der Waals surface area contributed by atoms with Crippen LogP contribution in [0, 0.1) is 5.92 Å². The highest BCUT2D eigenvalue weighted by Gasteiger charge is 2.09. The van der Waals surface area contributed by atoms with Gasteiger partial charge in [0, 0.05) is 13.2 Å². The average Bonchev–Trinajstić information content (AvgIpc) is 2.85. The van der Waals surface area contributed by atoms with E-state index in [-0.39, 0.29) is 6.61 Å². The summed E-state index contributed by atoms with van der Waals surface area (Å²) >= 11 is 1.63. The lowest BCUT2D eigenvalue weighted by Gasteiger charge is -2.16. The van der Waals surface area contributed by atoms with Crippen molar-refractivity contribution < 1.29 is 5.11 Å². The number of thiophene rings is 1. The van der Waals surface area contributed by atoms with E-state index in [4.69, 9.17) is 5.11 Å². The molecule has 2 rings (SSSR count). The fourth-order valence-electron chi connectivity index (χ4n) is 2.11. The van der Waals surface area contributed by atoms with Crippen LogP contribution >= 0.6 is 11.3 Å². The highest BCUT2D eigenvalue weighted by molar-refractivity contribution is 7.16. The second-order valence-corrected chi connectivity index (χ2v) is 5.30. The van der Waals surface area contributed by atoms with Gasteiger partial charge in [-0.3, -0.25) is 0 Å². The monoisotopic (exact) mass is 265 g/mol. The number of hydrogen-bond acceptors (Lipinski definition) is 5. The van der Waals surface area contributed by atoms with Crippen LogP contribution in [0.1, 0.15) is 26.2 Å². The summed E-state index contributed by atoms with van der Waals surface area (Å²) in [5, 5.41) is 15.5. The Morgan fingerprint density at radius 2 is 2.28 bits per heavy atom. The molecule has 2 aromatic rings. The molecule has 98 valence electrons. The van der Waals surface area contributed by atoms with Crippen molar-refractivity contribution in [3.63, 3.8) is 0 Å². The van der Waals surface area contributed by atoms with Crippen molar-refractivity contribution in [2.45, 2.75) is 26.2 Å². The molecule has 1 atom stereocenters. The molecule has 0 saturated heterocycles. The normalized spacial score (nSPS) is 12.8. The van der Waals surface area contributed by atoms with Crippen molar-refractivity contribution in [2.75, 3.05) is 18.5 Å². The zero-order valence-corrected chi connectivity index (χ0v) is 11.4. The zero-order valence-electron chi connectivity index (χ0n) is 10.6. The van der Waals surface area contributed by atoms with Crippen LogP contribution in [0.4, 0.5) is 5.82 Å². The summed E-state index contributed by atoms with van der Waals surface area (Å²) in [6.45, 7) is 3.28. The summed E-state index contributed by atoms with van der Waals surface area (Å²) in [6.07, 6.45) is 4.72. The zero-order chi connectivity index (χ0) is 12.8. The van der Waals surface area contributed by atoms with Crippen LogP contribution < -0.4 is 5.32 Å². The molecule has 4 nitrogen and oxygen atoms in total. The minimum atomic E-state index is 0.254. The predicted octanol–water partition coefficient (Wildman–Crippen LogP) is 2.90. The molecule has 2 aromatic heterocycles. The Balaban J connectivity index is 2.02. The summed E-state index contributed by atoms with van der Waals surface area (Å²) in [6, 6.07) is 2.04. The summed E-state index contributed by atoms with van der Waals surface area (Å²) in [5.74, 6) is 1.41. The predicted molar refractivity (Wildman–Crippen MR) is 76.0 cm³/mol. The molecule has 0 spiro atoms. The van der Waals surface area contributed by atoms with Crippen LogP contribution in [-0.2, 0) is 0 Å². The highest BCUT2D eigenvalue weighted by atomic mass is 32.1. The van der Waals surface area contributed by atoms with Crippen LogP contribution in [-0.4, -0.2) is 28.2 Å². The lowest BCUT2D eigenvalue weighted by Crippen LogP contribution is -2.16. The van der Waals surface area contributed by atoms with E-state index >= 15 is 0 Å². The molecule has 18 heavy (non-hydrogen) atoms. The number of aliphatic hydroxyl groups excluding tert-OH is 1. The van der Waals surface area contributed by atoms with E-state index in [9.17, 15) is 0 Å². The topological polar surface area (TPSA) is 58.0 Å². The Labute approximate surface area is 111 Å². The van der Waals surface area contributed by atoms with Crippen LogP contribution in [0.25, 0.3) is 10.2 Å². The fraction of sp³-hybridized carbons (Fsp3) is 0.538. The van der Waals surface area contributed by atoms with Gasteiger partial charge in [-0.1, -0.05) is 13.3 Å². The standard InChI is InChI=1S/C13H19N3OS/c1-2-3-10(4-6-17)8-14-12-11-5-7-18-13(11)16-9-15-12/h5,7,9-10,17H,2-4,6,8H2,1H3,(H,14,15,16). The van der Waals surface area contributed by atoms with Gasteiger partial charge in [0.2, 0.25) is 0 Å². The molecule has 1 unspecified atom stereocenters. The number of fused-ring (bicyclic) bond motifs is 1. The minimum absolute atomic E-state index is 0.254. The molecule has 2 N–H and O–H groups in total. The van der Waals surface area contributed by atoms with E-state index in [1.54, 1.807) is 17.7 Å². The third-order valence-corrected chi connectivity index (χ3v) is 3.87. The van der Waals surface area contributed by atoms with E-state index in [0.717, 1.165) is 41.8 Å². The molecule has 0 aliphatic rings. The largest absolute Gasteiger partial charge is 0.396 e. The minimum Gasteiger partial charge on any atom is -0.396 e. The number of nitrogens with zero attached hydrogens (tertiary/aromatic N) is 2. The molecule has 2 heterocycles. The molecule has 0 radical (unpaired) electrons.